The second-order valence-electron chi connectivity index (χ2n) is 4.73. The zero-order valence-electron chi connectivity index (χ0n) is 10.3. The molecule has 0 unspecified atom stereocenters. The summed E-state index contributed by atoms with van der Waals surface area (Å²) in [5, 5.41) is 5.45. The highest BCUT2D eigenvalue weighted by molar-refractivity contribution is 6.02. The van der Waals surface area contributed by atoms with Gasteiger partial charge in [-0.15, -0.1) is 12.4 Å². The third kappa shape index (κ3) is 2.19. The number of nitrogens with one attached hydrogen (secondary N) is 2. The molecule has 1 aromatic rings. The quantitative estimate of drug-likeness (QED) is 0.689. The van der Waals surface area contributed by atoms with Crippen LogP contribution < -0.4 is 21.1 Å². The Hall–Kier alpha value is -1.86. The van der Waals surface area contributed by atoms with Gasteiger partial charge in [-0.1, -0.05) is 0 Å². The topological polar surface area (TPSA) is 93.5 Å². The summed E-state index contributed by atoms with van der Waals surface area (Å²) in [6.07, 6.45) is 0.158. The van der Waals surface area contributed by atoms with E-state index in [1.165, 1.54) is 18.2 Å². The maximum atomic E-state index is 13.1. The van der Waals surface area contributed by atoms with E-state index in [1.54, 1.807) is 0 Å². The van der Waals surface area contributed by atoms with Crippen LogP contribution in [0.1, 0.15) is 6.42 Å². The monoisotopic (exact) mass is 301 g/mol. The molecular formula is C12H13ClFN3O3. The van der Waals surface area contributed by atoms with Crippen molar-refractivity contribution in [3.63, 3.8) is 0 Å². The van der Waals surface area contributed by atoms with Crippen LogP contribution in [-0.4, -0.2) is 30.0 Å². The molecule has 1 spiro atoms. The van der Waals surface area contributed by atoms with E-state index in [2.05, 4.69) is 10.6 Å². The van der Waals surface area contributed by atoms with Crippen molar-refractivity contribution in [2.45, 2.75) is 18.1 Å². The van der Waals surface area contributed by atoms with Crippen LogP contribution >= 0.6 is 12.4 Å². The Morgan fingerprint density at radius 3 is 2.90 bits per heavy atom. The minimum absolute atomic E-state index is 0. The third-order valence-corrected chi connectivity index (χ3v) is 3.42. The number of rotatable bonds is 1. The molecule has 4 N–H and O–H groups in total. The highest BCUT2D eigenvalue weighted by atomic mass is 35.5. The first-order chi connectivity index (χ1) is 9.00. The van der Waals surface area contributed by atoms with Crippen LogP contribution in [0.4, 0.5) is 10.1 Å². The molecule has 1 saturated heterocycles. The van der Waals surface area contributed by atoms with E-state index in [4.69, 9.17) is 10.5 Å². The number of primary amides is 1. The van der Waals surface area contributed by atoms with Gasteiger partial charge in [0.1, 0.15) is 11.6 Å². The molecule has 0 saturated carbocycles. The Morgan fingerprint density at radius 1 is 1.50 bits per heavy atom. The summed E-state index contributed by atoms with van der Waals surface area (Å²) in [4.78, 5) is 23.3. The van der Waals surface area contributed by atoms with Crippen LogP contribution in [-0.2, 0) is 9.59 Å². The van der Waals surface area contributed by atoms with Gasteiger partial charge in [-0.05, 0) is 12.1 Å². The zero-order chi connectivity index (χ0) is 13.6. The van der Waals surface area contributed by atoms with Crippen molar-refractivity contribution in [2.75, 3.05) is 11.9 Å². The first-order valence-corrected chi connectivity index (χ1v) is 5.83. The molecule has 2 heterocycles. The van der Waals surface area contributed by atoms with Crippen LogP contribution in [0.15, 0.2) is 18.2 Å². The second kappa shape index (κ2) is 4.92. The highest BCUT2D eigenvalue weighted by Gasteiger charge is 2.51. The smallest absolute Gasteiger partial charge is 0.270 e. The molecule has 20 heavy (non-hydrogen) atoms. The zero-order valence-corrected chi connectivity index (χ0v) is 11.1. The first kappa shape index (κ1) is 14.5. The molecule has 2 atom stereocenters. The molecule has 0 bridgehead atoms. The Morgan fingerprint density at radius 2 is 2.25 bits per heavy atom. The number of nitrogens with two attached hydrogens (primary N) is 1. The van der Waals surface area contributed by atoms with Crippen molar-refractivity contribution >= 4 is 29.9 Å². The van der Waals surface area contributed by atoms with Gasteiger partial charge in [0.05, 0.1) is 11.7 Å². The maximum absolute atomic E-state index is 13.1. The predicted molar refractivity (Wildman–Crippen MR) is 71.2 cm³/mol. The molecule has 1 fully saturated rings. The first-order valence-electron chi connectivity index (χ1n) is 5.83. The van der Waals surface area contributed by atoms with E-state index in [0.29, 0.717) is 5.75 Å². The SMILES string of the molecule is Cl.NC(=O)[C@@H]1C[C@]2(CN1)Oc1ccc(F)cc1NC2=O. The van der Waals surface area contributed by atoms with E-state index < -0.39 is 29.3 Å². The van der Waals surface area contributed by atoms with Crippen molar-refractivity contribution < 1.29 is 18.7 Å². The van der Waals surface area contributed by atoms with Gasteiger partial charge in [0.15, 0.2) is 0 Å². The number of benzene rings is 1. The van der Waals surface area contributed by atoms with Crippen molar-refractivity contribution in [3.05, 3.63) is 24.0 Å². The summed E-state index contributed by atoms with van der Waals surface area (Å²) in [7, 11) is 0. The van der Waals surface area contributed by atoms with E-state index in [9.17, 15) is 14.0 Å². The number of anilines is 1. The molecule has 1 aromatic carbocycles. The van der Waals surface area contributed by atoms with Crippen molar-refractivity contribution in [1.82, 2.24) is 5.32 Å². The summed E-state index contributed by atoms with van der Waals surface area (Å²) in [6.45, 7) is 0.184. The van der Waals surface area contributed by atoms with E-state index in [-0.39, 0.29) is 31.1 Å². The van der Waals surface area contributed by atoms with Crippen molar-refractivity contribution in [1.29, 1.82) is 0 Å². The number of amides is 2. The number of carbonyl (C=O) groups excluding carboxylic acids is 2. The van der Waals surface area contributed by atoms with Gasteiger partial charge in [0.25, 0.3) is 5.91 Å². The Balaban J connectivity index is 0.00000147. The molecule has 0 radical (unpaired) electrons. The molecule has 6 nitrogen and oxygen atoms in total. The maximum Gasteiger partial charge on any atom is 0.270 e. The fourth-order valence-electron chi connectivity index (χ4n) is 2.40. The molecule has 0 aromatic heterocycles. The lowest BCUT2D eigenvalue weighted by molar-refractivity contribution is -0.131. The number of halogens is 2. The average molecular weight is 302 g/mol. The van der Waals surface area contributed by atoms with Gasteiger partial charge >= 0.3 is 0 Å². The fraction of sp³-hybridized carbons (Fsp3) is 0.333. The predicted octanol–water partition coefficient (Wildman–Crippen LogP) is 0.164. The standard InChI is InChI=1S/C12H12FN3O3.ClH/c13-6-1-2-9-7(3-6)16-11(18)12(19-9)4-8(10(14)17)15-5-12;/h1-3,8,15H,4-5H2,(H2,14,17)(H,16,18);1H/t8-,12+;/m0./s1. The number of carbonyl (C=O) groups is 2. The average Bonchev–Trinajstić information content (AvgIpc) is 2.77. The number of ether oxygens (including phenoxy) is 1. The minimum atomic E-state index is -1.16. The van der Waals surface area contributed by atoms with Crippen molar-refractivity contribution in [2.24, 2.45) is 5.73 Å². The van der Waals surface area contributed by atoms with Crippen molar-refractivity contribution in [3.8, 4) is 5.75 Å². The van der Waals surface area contributed by atoms with Gasteiger partial charge < -0.3 is 21.1 Å². The van der Waals surface area contributed by atoms with E-state index in [0.717, 1.165) is 0 Å². The van der Waals surface area contributed by atoms with E-state index >= 15 is 0 Å². The molecule has 3 rings (SSSR count). The molecular weight excluding hydrogens is 289 g/mol. The lowest BCUT2D eigenvalue weighted by Crippen LogP contribution is -2.52. The summed E-state index contributed by atoms with van der Waals surface area (Å²) in [5.41, 5.74) is 4.34. The van der Waals surface area contributed by atoms with E-state index in [1.807, 2.05) is 0 Å². The molecule has 108 valence electrons. The Bertz CT molecular complexity index is 583. The third-order valence-electron chi connectivity index (χ3n) is 3.42. The van der Waals surface area contributed by atoms with Gasteiger partial charge in [-0.2, -0.15) is 0 Å². The summed E-state index contributed by atoms with van der Waals surface area (Å²) < 4.78 is 18.8. The van der Waals surface area contributed by atoms with Gasteiger partial charge in [0.2, 0.25) is 11.5 Å². The molecule has 8 heteroatoms. The number of fused-ring (bicyclic) bond motifs is 1. The largest absolute Gasteiger partial charge is 0.474 e. The molecule has 0 aliphatic carbocycles. The van der Waals surface area contributed by atoms with Crippen LogP contribution in [0.5, 0.6) is 5.75 Å². The second-order valence-corrected chi connectivity index (χ2v) is 4.73. The lowest BCUT2D eigenvalue weighted by Gasteiger charge is -2.33. The molecule has 2 amide bonds. The summed E-state index contributed by atoms with van der Waals surface area (Å²) in [5.74, 6) is -1.01. The highest BCUT2D eigenvalue weighted by Crippen LogP contribution is 2.37. The lowest BCUT2D eigenvalue weighted by atomic mass is 9.96. The minimum Gasteiger partial charge on any atom is -0.474 e. The number of hydrogen-bond acceptors (Lipinski definition) is 4. The fourth-order valence-corrected chi connectivity index (χ4v) is 2.40. The van der Waals surface area contributed by atoms with Crippen LogP contribution in [0, 0.1) is 5.82 Å². The van der Waals surface area contributed by atoms with Gasteiger partial charge in [0, 0.05) is 19.0 Å². The number of hydrogen-bond donors (Lipinski definition) is 3. The van der Waals surface area contributed by atoms with Crippen LogP contribution in [0.25, 0.3) is 0 Å². The molecule has 2 aliphatic heterocycles. The Kier molecular flexibility index (Phi) is 3.58. The van der Waals surface area contributed by atoms with Crippen LogP contribution in [0.3, 0.4) is 0 Å². The van der Waals surface area contributed by atoms with Gasteiger partial charge in [-0.25, -0.2) is 4.39 Å². The van der Waals surface area contributed by atoms with Gasteiger partial charge in [-0.3, -0.25) is 9.59 Å². The normalized spacial score (nSPS) is 27.2. The summed E-state index contributed by atoms with van der Waals surface area (Å²) >= 11 is 0. The molecule has 2 aliphatic rings. The van der Waals surface area contributed by atoms with Crippen LogP contribution in [0.2, 0.25) is 0 Å². The summed E-state index contributed by atoms with van der Waals surface area (Å²) in [6, 6.07) is 3.28. The Labute approximate surface area is 120 Å².